The van der Waals surface area contributed by atoms with Crippen molar-refractivity contribution in [1.82, 2.24) is 4.90 Å². The van der Waals surface area contributed by atoms with Crippen LogP contribution < -0.4 is 0 Å². The van der Waals surface area contributed by atoms with E-state index >= 15 is 0 Å². The zero-order chi connectivity index (χ0) is 9.42. The van der Waals surface area contributed by atoms with Crippen molar-refractivity contribution in [3.05, 3.63) is 0 Å². The third kappa shape index (κ3) is 1.78. The zero-order valence-corrected chi connectivity index (χ0v) is 8.62. The lowest BCUT2D eigenvalue weighted by atomic mass is 10.1. The van der Waals surface area contributed by atoms with Gasteiger partial charge in [0.15, 0.2) is 0 Å². The molecule has 0 aliphatic heterocycles. The molecule has 13 heavy (non-hydrogen) atoms. The van der Waals surface area contributed by atoms with Crippen LogP contribution in [0.5, 0.6) is 0 Å². The van der Waals surface area contributed by atoms with E-state index in [1.54, 1.807) is 0 Å². The minimum Gasteiger partial charge on any atom is -0.298 e. The van der Waals surface area contributed by atoms with Gasteiger partial charge >= 0.3 is 0 Å². The summed E-state index contributed by atoms with van der Waals surface area (Å²) in [6, 6.07) is 0.864. The number of ketones is 1. The Hall–Kier alpha value is -0.370. The van der Waals surface area contributed by atoms with Gasteiger partial charge < -0.3 is 0 Å². The van der Waals surface area contributed by atoms with Gasteiger partial charge in [-0.3, -0.25) is 9.69 Å². The number of hydrogen-bond donors (Lipinski definition) is 0. The molecule has 74 valence electrons. The quantitative estimate of drug-likeness (QED) is 0.662. The monoisotopic (exact) mass is 181 g/mol. The molecule has 0 aromatic heterocycles. The molecule has 0 amide bonds. The van der Waals surface area contributed by atoms with E-state index in [1.807, 2.05) is 0 Å². The maximum Gasteiger partial charge on any atom is 0.149 e. The van der Waals surface area contributed by atoms with Crippen LogP contribution in [0, 0.1) is 5.92 Å². The SMILES string of the molecule is CC(C1CC1)N(C)C1CCCC1=O. The molecule has 0 radical (unpaired) electrons. The van der Waals surface area contributed by atoms with Crippen LogP contribution >= 0.6 is 0 Å². The summed E-state index contributed by atoms with van der Waals surface area (Å²) in [5.41, 5.74) is 0. The van der Waals surface area contributed by atoms with Gasteiger partial charge in [0.2, 0.25) is 0 Å². The fourth-order valence-corrected chi connectivity index (χ4v) is 2.42. The van der Waals surface area contributed by atoms with E-state index in [1.165, 1.54) is 12.8 Å². The summed E-state index contributed by atoms with van der Waals surface area (Å²) < 4.78 is 0. The van der Waals surface area contributed by atoms with Gasteiger partial charge in [-0.15, -0.1) is 0 Å². The van der Waals surface area contributed by atoms with Crippen molar-refractivity contribution >= 4 is 5.78 Å². The highest BCUT2D eigenvalue weighted by Gasteiger charge is 2.36. The topological polar surface area (TPSA) is 20.3 Å². The van der Waals surface area contributed by atoms with Gasteiger partial charge in [-0.25, -0.2) is 0 Å². The van der Waals surface area contributed by atoms with Crippen LogP contribution in [0.1, 0.15) is 39.0 Å². The molecule has 0 bridgehead atoms. The number of rotatable bonds is 3. The van der Waals surface area contributed by atoms with Crippen LogP contribution in [0.2, 0.25) is 0 Å². The highest BCUT2D eigenvalue weighted by Crippen LogP contribution is 2.36. The first kappa shape index (κ1) is 9.20. The van der Waals surface area contributed by atoms with Crippen molar-refractivity contribution in [2.24, 2.45) is 5.92 Å². The largest absolute Gasteiger partial charge is 0.298 e. The molecular formula is C11H19NO. The molecule has 0 aromatic rings. The van der Waals surface area contributed by atoms with Crippen molar-refractivity contribution in [3.8, 4) is 0 Å². The van der Waals surface area contributed by atoms with Gasteiger partial charge in [0.1, 0.15) is 5.78 Å². The Bertz CT molecular complexity index is 210. The van der Waals surface area contributed by atoms with E-state index < -0.39 is 0 Å². The fraction of sp³-hybridized carbons (Fsp3) is 0.909. The Kier molecular flexibility index (Phi) is 2.41. The molecule has 2 saturated carbocycles. The van der Waals surface area contributed by atoms with Gasteiger partial charge in [0, 0.05) is 12.5 Å². The van der Waals surface area contributed by atoms with Crippen molar-refractivity contribution in [2.75, 3.05) is 7.05 Å². The minimum absolute atomic E-state index is 0.246. The molecule has 2 aliphatic rings. The Morgan fingerprint density at radius 2 is 2.08 bits per heavy atom. The number of likely N-dealkylation sites (N-methyl/N-ethyl adjacent to an activating group) is 1. The summed E-state index contributed by atoms with van der Waals surface area (Å²) in [5.74, 6) is 1.34. The van der Waals surface area contributed by atoms with E-state index in [-0.39, 0.29) is 6.04 Å². The van der Waals surface area contributed by atoms with Gasteiger partial charge in [-0.1, -0.05) is 0 Å². The second-order valence-corrected chi connectivity index (χ2v) is 4.62. The number of carbonyl (C=O) groups is 1. The normalized spacial score (nSPS) is 31.3. The lowest BCUT2D eigenvalue weighted by Crippen LogP contribution is -2.42. The van der Waals surface area contributed by atoms with Crippen molar-refractivity contribution in [3.63, 3.8) is 0 Å². The van der Waals surface area contributed by atoms with Gasteiger partial charge in [0.25, 0.3) is 0 Å². The summed E-state index contributed by atoms with van der Waals surface area (Å²) in [6.07, 6.45) is 5.74. The van der Waals surface area contributed by atoms with E-state index in [2.05, 4.69) is 18.9 Å². The third-order valence-electron chi connectivity index (χ3n) is 3.71. The molecule has 2 atom stereocenters. The Balaban J connectivity index is 1.94. The first-order valence-electron chi connectivity index (χ1n) is 5.45. The first-order valence-corrected chi connectivity index (χ1v) is 5.45. The van der Waals surface area contributed by atoms with Crippen molar-refractivity contribution in [1.29, 1.82) is 0 Å². The summed E-state index contributed by atoms with van der Waals surface area (Å²) in [7, 11) is 2.12. The molecular weight excluding hydrogens is 162 g/mol. The van der Waals surface area contributed by atoms with Gasteiger partial charge in [0.05, 0.1) is 6.04 Å². The summed E-state index contributed by atoms with van der Waals surface area (Å²) in [6.45, 7) is 2.27. The summed E-state index contributed by atoms with van der Waals surface area (Å²) in [4.78, 5) is 13.8. The average molecular weight is 181 g/mol. The van der Waals surface area contributed by atoms with Crippen LogP contribution in [0.25, 0.3) is 0 Å². The first-order chi connectivity index (χ1) is 6.20. The van der Waals surface area contributed by atoms with Gasteiger partial charge in [-0.05, 0) is 45.6 Å². The molecule has 2 unspecified atom stereocenters. The number of nitrogens with zero attached hydrogens (tertiary/aromatic N) is 1. The van der Waals surface area contributed by atoms with Crippen LogP contribution in [0.4, 0.5) is 0 Å². The Labute approximate surface area is 80.3 Å². The predicted octanol–water partition coefficient (Wildman–Crippen LogP) is 1.84. The van der Waals surface area contributed by atoms with Crippen LogP contribution in [-0.4, -0.2) is 29.8 Å². The molecule has 2 nitrogen and oxygen atoms in total. The molecule has 2 fully saturated rings. The van der Waals surface area contributed by atoms with E-state index in [9.17, 15) is 4.79 Å². The third-order valence-corrected chi connectivity index (χ3v) is 3.71. The second kappa shape index (κ2) is 3.41. The number of hydrogen-bond acceptors (Lipinski definition) is 2. The number of carbonyl (C=O) groups excluding carboxylic acids is 1. The zero-order valence-electron chi connectivity index (χ0n) is 8.62. The summed E-state index contributed by atoms with van der Waals surface area (Å²) >= 11 is 0. The van der Waals surface area contributed by atoms with Gasteiger partial charge in [-0.2, -0.15) is 0 Å². The van der Waals surface area contributed by atoms with E-state index in [4.69, 9.17) is 0 Å². The van der Waals surface area contributed by atoms with Crippen molar-refractivity contribution in [2.45, 2.75) is 51.1 Å². The lowest BCUT2D eigenvalue weighted by molar-refractivity contribution is -0.122. The Morgan fingerprint density at radius 3 is 2.54 bits per heavy atom. The molecule has 0 spiro atoms. The molecule has 0 N–H and O–H groups in total. The smallest absolute Gasteiger partial charge is 0.149 e. The van der Waals surface area contributed by atoms with E-state index in [0.717, 1.165) is 25.2 Å². The molecule has 2 aliphatic carbocycles. The molecule has 2 rings (SSSR count). The maximum absolute atomic E-state index is 11.5. The lowest BCUT2D eigenvalue weighted by Gasteiger charge is -2.29. The van der Waals surface area contributed by atoms with Crippen LogP contribution in [-0.2, 0) is 4.79 Å². The fourth-order valence-electron chi connectivity index (χ4n) is 2.42. The average Bonchev–Trinajstić information content (AvgIpc) is 2.87. The maximum atomic E-state index is 11.5. The van der Waals surface area contributed by atoms with E-state index in [0.29, 0.717) is 11.8 Å². The van der Waals surface area contributed by atoms with Crippen molar-refractivity contribution < 1.29 is 4.79 Å². The van der Waals surface area contributed by atoms with Crippen LogP contribution in [0.15, 0.2) is 0 Å². The molecule has 0 saturated heterocycles. The molecule has 2 heteroatoms. The minimum atomic E-state index is 0.246. The molecule has 0 heterocycles. The molecule has 0 aromatic carbocycles. The summed E-state index contributed by atoms with van der Waals surface area (Å²) in [5, 5.41) is 0. The standard InChI is InChI=1S/C11H19NO/c1-8(9-6-7-9)12(2)10-4-3-5-11(10)13/h8-10H,3-7H2,1-2H3. The predicted molar refractivity (Wildman–Crippen MR) is 52.6 cm³/mol. The Morgan fingerprint density at radius 1 is 1.38 bits per heavy atom. The number of Topliss-reactive ketones (excluding diaryl/α,β-unsaturated/α-hetero) is 1. The highest BCUT2D eigenvalue weighted by molar-refractivity contribution is 5.85. The van der Waals surface area contributed by atoms with Crippen LogP contribution in [0.3, 0.4) is 0 Å². The second-order valence-electron chi connectivity index (χ2n) is 4.62. The highest BCUT2D eigenvalue weighted by atomic mass is 16.1.